The summed E-state index contributed by atoms with van der Waals surface area (Å²) in [4.78, 5) is 0. The zero-order valence-electron chi connectivity index (χ0n) is 20.4. The fraction of sp³-hybridized carbons (Fsp3) is 0.143. The Hall–Kier alpha value is -4.72. The molecule has 0 heterocycles. The Morgan fingerprint density at radius 3 is 1.28 bits per heavy atom. The first-order chi connectivity index (χ1) is 17.5. The van der Waals surface area contributed by atoms with Crippen LogP contribution in [-0.2, 0) is 0 Å². The smallest absolute Gasteiger partial charge is 0.0887 e. The lowest BCUT2D eigenvalue weighted by Gasteiger charge is -2.09. The number of hydrogen-bond donors (Lipinski definition) is 4. The van der Waals surface area contributed by atoms with E-state index in [0.29, 0.717) is 0 Å². The third kappa shape index (κ3) is 6.89. The molecular formula is C28H30N8. The van der Waals surface area contributed by atoms with Gasteiger partial charge in [0, 0.05) is 35.8 Å². The van der Waals surface area contributed by atoms with Crippen molar-refractivity contribution in [3.63, 3.8) is 0 Å². The molecule has 0 aliphatic heterocycles. The van der Waals surface area contributed by atoms with E-state index in [1.807, 2.05) is 98.8 Å². The standard InChI is InChI=1S/C28H30N8/c1-19-17-21(29)3-13-27(19)35-33-25-9-5-23(6-10-25)31-15-16-32-24-7-11-26(12-8-24)34-36-28-14-4-22(30)18-20(28)2/h3-14,17-18,31-32H,15-16,29-30H2,1-2H3/b35-33+,36-34+. The third-order valence-corrected chi connectivity index (χ3v) is 5.51. The van der Waals surface area contributed by atoms with Gasteiger partial charge in [-0.1, -0.05) is 0 Å². The highest BCUT2D eigenvalue weighted by Gasteiger charge is 2.00. The van der Waals surface area contributed by atoms with Gasteiger partial charge in [0.05, 0.1) is 22.7 Å². The fourth-order valence-electron chi connectivity index (χ4n) is 3.51. The second-order valence-electron chi connectivity index (χ2n) is 8.44. The maximum atomic E-state index is 5.78. The van der Waals surface area contributed by atoms with Crippen molar-refractivity contribution in [3.05, 3.63) is 96.1 Å². The first-order valence-electron chi connectivity index (χ1n) is 11.7. The average molecular weight is 479 g/mol. The summed E-state index contributed by atoms with van der Waals surface area (Å²) in [7, 11) is 0. The minimum atomic E-state index is 0.723. The summed E-state index contributed by atoms with van der Waals surface area (Å²) >= 11 is 0. The first-order valence-corrected chi connectivity index (χ1v) is 11.7. The highest BCUT2D eigenvalue weighted by Crippen LogP contribution is 2.26. The van der Waals surface area contributed by atoms with Gasteiger partial charge in [-0.3, -0.25) is 0 Å². The average Bonchev–Trinajstić information content (AvgIpc) is 2.87. The molecule has 0 unspecified atom stereocenters. The topological polar surface area (TPSA) is 126 Å². The Labute approximate surface area is 211 Å². The quantitative estimate of drug-likeness (QED) is 0.111. The highest BCUT2D eigenvalue weighted by molar-refractivity contribution is 5.56. The molecule has 4 aromatic rings. The van der Waals surface area contributed by atoms with Crippen LogP contribution in [0.3, 0.4) is 0 Å². The van der Waals surface area contributed by atoms with E-state index in [-0.39, 0.29) is 0 Å². The van der Waals surface area contributed by atoms with E-state index in [1.165, 1.54) is 0 Å². The SMILES string of the molecule is Cc1cc(N)ccc1/N=N/c1ccc(NCCNc2ccc(/N=N/c3ccc(N)cc3C)cc2)cc1. The van der Waals surface area contributed by atoms with E-state index in [0.717, 1.165) is 69.7 Å². The van der Waals surface area contributed by atoms with Gasteiger partial charge >= 0.3 is 0 Å². The Balaban J connectivity index is 1.22. The van der Waals surface area contributed by atoms with Crippen molar-refractivity contribution in [2.45, 2.75) is 13.8 Å². The largest absolute Gasteiger partial charge is 0.399 e. The summed E-state index contributed by atoms with van der Waals surface area (Å²) in [5.74, 6) is 0. The maximum absolute atomic E-state index is 5.78. The molecule has 8 heteroatoms. The minimum absolute atomic E-state index is 0.723. The maximum Gasteiger partial charge on any atom is 0.0887 e. The molecule has 0 aromatic heterocycles. The van der Waals surface area contributed by atoms with Crippen LogP contribution in [0.1, 0.15) is 11.1 Å². The number of nitrogen functional groups attached to an aromatic ring is 2. The second kappa shape index (κ2) is 11.6. The Morgan fingerprint density at radius 2 is 0.917 bits per heavy atom. The third-order valence-electron chi connectivity index (χ3n) is 5.51. The molecule has 8 nitrogen and oxygen atoms in total. The van der Waals surface area contributed by atoms with E-state index in [2.05, 4.69) is 31.1 Å². The van der Waals surface area contributed by atoms with Crippen molar-refractivity contribution in [1.82, 2.24) is 0 Å². The van der Waals surface area contributed by atoms with Gasteiger partial charge in [0.1, 0.15) is 0 Å². The molecule has 4 aromatic carbocycles. The monoisotopic (exact) mass is 478 g/mol. The molecule has 6 N–H and O–H groups in total. The van der Waals surface area contributed by atoms with Crippen LogP contribution in [0, 0.1) is 13.8 Å². The van der Waals surface area contributed by atoms with E-state index in [9.17, 15) is 0 Å². The number of nitrogens with two attached hydrogens (primary N) is 2. The molecule has 0 aliphatic carbocycles. The number of aryl methyl sites for hydroxylation is 2. The van der Waals surface area contributed by atoms with Crippen molar-refractivity contribution in [1.29, 1.82) is 0 Å². The molecular weight excluding hydrogens is 448 g/mol. The molecule has 0 saturated heterocycles. The molecule has 4 rings (SSSR count). The second-order valence-corrected chi connectivity index (χ2v) is 8.44. The van der Waals surface area contributed by atoms with Crippen LogP contribution in [0.5, 0.6) is 0 Å². The van der Waals surface area contributed by atoms with Crippen molar-refractivity contribution in [2.24, 2.45) is 20.5 Å². The molecule has 36 heavy (non-hydrogen) atoms. The number of benzene rings is 4. The van der Waals surface area contributed by atoms with Crippen LogP contribution in [0.25, 0.3) is 0 Å². The molecule has 0 fully saturated rings. The van der Waals surface area contributed by atoms with Gasteiger partial charge in [-0.15, -0.1) is 0 Å². The molecule has 0 amide bonds. The normalized spacial score (nSPS) is 11.3. The van der Waals surface area contributed by atoms with Gasteiger partial charge in [0.25, 0.3) is 0 Å². The van der Waals surface area contributed by atoms with Crippen LogP contribution < -0.4 is 22.1 Å². The van der Waals surface area contributed by atoms with Gasteiger partial charge < -0.3 is 22.1 Å². The van der Waals surface area contributed by atoms with Crippen LogP contribution in [0.2, 0.25) is 0 Å². The Kier molecular flexibility index (Phi) is 7.87. The number of nitrogens with zero attached hydrogens (tertiary/aromatic N) is 4. The molecule has 0 saturated carbocycles. The van der Waals surface area contributed by atoms with E-state index >= 15 is 0 Å². The van der Waals surface area contributed by atoms with Crippen LogP contribution in [0.4, 0.5) is 45.5 Å². The van der Waals surface area contributed by atoms with Crippen molar-refractivity contribution in [2.75, 3.05) is 35.2 Å². The fourth-order valence-corrected chi connectivity index (χ4v) is 3.51. The van der Waals surface area contributed by atoms with E-state index in [4.69, 9.17) is 11.5 Å². The van der Waals surface area contributed by atoms with Gasteiger partial charge in [-0.2, -0.15) is 20.5 Å². The Bertz CT molecular complexity index is 1250. The summed E-state index contributed by atoms with van der Waals surface area (Å²) in [5.41, 5.74) is 20.3. The van der Waals surface area contributed by atoms with Crippen LogP contribution >= 0.6 is 0 Å². The van der Waals surface area contributed by atoms with Crippen molar-refractivity contribution < 1.29 is 0 Å². The molecule has 0 bridgehead atoms. The molecule has 0 spiro atoms. The molecule has 0 atom stereocenters. The van der Waals surface area contributed by atoms with E-state index in [1.54, 1.807) is 0 Å². The highest BCUT2D eigenvalue weighted by atomic mass is 15.1. The van der Waals surface area contributed by atoms with Crippen molar-refractivity contribution in [3.8, 4) is 0 Å². The summed E-state index contributed by atoms with van der Waals surface area (Å²) in [6, 6.07) is 26.9. The number of rotatable bonds is 9. The predicted molar refractivity (Wildman–Crippen MR) is 149 cm³/mol. The summed E-state index contributed by atoms with van der Waals surface area (Å²) in [5, 5.41) is 24.1. The van der Waals surface area contributed by atoms with E-state index < -0.39 is 0 Å². The van der Waals surface area contributed by atoms with Crippen molar-refractivity contribution >= 4 is 45.5 Å². The first kappa shape index (κ1) is 24.4. The number of anilines is 4. The zero-order chi connectivity index (χ0) is 25.3. The number of hydrogen-bond acceptors (Lipinski definition) is 8. The van der Waals surface area contributed by atoms with Gasteiger partial charge in [0.2, 0.25) is 0 Å². The summed E-state index contributed by atoms with van der Waals surface area (Å²) < 4.78 is 0. The minimum Gasteiger partial charge on any atom is -0.399 e. The summed E-state index contributed by atoms with van der Waals surface area (Å²) in [6.07, 6.45) is 0. The number of azo groups is 2. The predicted octanol–water partition coefficient (Wildman–Crippen LogP) is 7.82. The zero-order valence-corrected chi connectivity index (χ0v) is 20.4. The lowest BCUT2D eigenvalue weighted by molar-refractivity contribution is 1.08. The van der Waals surface area contributed by atoms with Gasteiger partial charge in [-0.25, -0.2) is 0 Å². The van der Waals surface area contributed by atoms with Gasteiger partial charge in [-0.05, 0) is 110 Å². The van der Waals surface area contributed by atoms with Gasteiger partial charge in [0.15, 0.2) is 0 Å². The van der Waals surface area contributed by atoms with Crippen LogP contribution in [0.15, 0.2) is 105 Å². The Morgan fingerprint density at radius 1 is 0.528 bits per heavy atom. The molecule has 182 valence electrons. The molecule has 0 aliphatic rings. The lowest BCUT2D eigenvalue weighted by atomic mass is 10.2. The summed E-state index contributed by atoms with van der Waals surface area (Å²) in [6.45, 7) is 5.47. The number of nitrogens with one attached hydrogen (secondary N) is 2. The van der Waals surface area contributed by atoms with Crippen LogP contribution in [-0.4, -0.2) is 13.1 Å². The molecule has 0 radical (unpaired) electrons. The lowest BCUT2D eigenvalue weighted by Crippen LogP contribution is -2.13.